The van der Waals surface area contributed by atoms with Crippen molar-refractivity contribution in [3.63, 3.8) is 0 Å². The van der Waals surface area contributed by atoms with Gasteiger partial charge >= 0.3 is 11.9 Å². The second-order valence-corrected chi connectivity index (χ2v) is 6.74. The Balaban J connectivity index is 1.77. The fourth-order valence-electron chi connectivity index (χ4n) is 4.00. The maximum atomic E-state index is 12.3. The molecule has 2 aliphatic carbocycles. The van der Waals surface area contributed by atoms with Gasteiger partial charge < -0.3 is 9.84 Å². The molecule has 22 heavy (non-hydrogen) atoms. The molecule has 4 nitrogen and oxygen atoms in total. The second-order valence-electron chi connectivity index (χ2n) is 6.74. The highest BCUT2D eigenvalue weighted by atomic mass is 16.5. The SMILES string of the molecule is CCCCCCCCOC(=O)C1C2CC(C=C2C)C1C(=O)O. The molecule has 0 heterocycles. The van der Waals surface area contributed by atoms with Crippen LogP contribution in [0.2, 0.25) is 0 Å². The standard InChI is InChI=1S/C18H28O4/c1-3-4-5-6-7-8-9-22-18(21)16-14-11-13(10-12(14)2)15(16)17(19)20/h10,13-16H,3-9,11H2,1-2H3,(H,19,20). The molecule has 4 heteroatoms. The third-order valence-electron chi connectivity index (χ3n) is 5.17. The first-order valence-corrected chi connectivity index (χ1v) is 8.64. The lowest BCUT2D eigenvalue weighted by atomic mass is 9.80. The zero-order valence-corrected chi connectivity index (χ0v) is 13.7. The van der Waals surface area contributed by atoms with Gasteiger partial charge in [0, 0.05) is 0 Å². The van der Waals surface area contributed by atoms with Gasteiger partial charge in [-0.1, -0.05) is 50.7 Å². The largest absolute Gasteiger partial charge is 0.481 e. The normalized spacial score (nSPS) is 29.5. The first-order chi connectivity index (χ1) is 10.6. The molecule has 0 aliphatic heterocycles. The van der Waals surface area contributed by atoms with E-state index >= 15 is 0 Å². The molecule has 124 valence electrons. The van der Waals surface area contributed by atoms with E-state index in [1.165, 1.54) is 25.7 Å². The molecule has 0 aromatic heterocycles. The summed E-state index contributed by atoms with van der Waals surface area (Å²) in [6, 6.07) is 0. The number of hydrogen-bond acceptors (Lipinski definition) is 3. The molecule has 4 unspecified atom stereocenters. The molecule has 0 spiro atoms. The van der Waals surface area contributed by atoms with E-state index in [1.807, 2.05) is 13.0 Å². The van der Waals surface area contributed by atoms with Crippen molar-refractivity contribution in [2.45, 2.75) is 58.8 Å². The molecule has 0 saturated heterocycles. The van der Waals surface area contributed by atoms with E-state index in [-0.39, 0.29) is 17.8 Å². The van der Waals surface area contributed by atoms with Gasteiger partial charge in [-0.25, -0.2) is 0 Å². The summed E-state index contributed by atoms with van der Waals surface area (Å²) in [6.45, 7) is 4.61. The fourth-order valence-corrected chi connectivity index (χ4v) is 4.00. The zero-order chi connectivity index (χ0) is 16.1. The molecule has 1 fully saturated rings. The lowest BCUT2D eigenvalue weighted by Gasteiger charge is -2.25. The van der Waals surface area contributed by atoms with Gasteiger partial charge in [-0.3, -0.25) is 9.59 Å². The molecule has 4 atom stereocenters. The molecule has 2 bridgehead atoms. The molecule has 0 aromatic rings. The first kappa shape index (κ1) is 17.0. The molecular formula is C18H28O4. The van der Waals surface area contributed by atoms with Crippen LogP contribution in [0.25, 0.3) is 0 Å². The van der Waals surface area contributed by atoms with Gasteiger partial charge in [0.05, 0.1) is 18.4 Å². The monoisotopic (exact) mass is 308 g/mol. The highest BCUT2D eigenvalue weighted by molar-refractivity contribution is 5.83. The Kier molecular flexibility index (Phi) is 6.04. The quantitative estimate of drug-likeness (QED) is 0.400. The Hall–Kier alpha value is -1.32. The van der Waals surface area contributed by atoms with Crippen molar-refractivity contribution in [3.8, 4) is 0 Å². The van der Waals surface area contributed by atoms with E-state index in [0.29, 0.717) is 6.61 Å². The number of carbonyl (C=O) groups is 2. The summed E-state index contributed by atoms with van der Waals surface area (Å²) in [4.78, 5) is 23.8. The average molecular weight is 308 g/mol. The summed E-state index contributed by atoms with van der Waals surface area (Å²) in [5.74, 6) is -2.16. The minimum absolute atomic E-state index is 0.00842. The number of aliphatic carboxylic acids is 1. The van der Waals surface area contributed by atoms with E-state index in [2.05, 4.69) is 6.92 Å². The average Bonchev–Trinajstić information content (AvgIpc) is 3.02. The van der Waals surface area contributed by atoms with Gasteiger partial charge in [-0.15, -0.1) is 0 Å². The van der Waals surface area contributed by atoms with Gasteiger partial charge in [-0.05, 0) is 31.6 Å². The summed E-state index contributed by atoms with van der Waals surface area (Å²) < 4.78 is 5.38. The number of allylic oxidation sites excluding steroid dienone is 2. The van der Waals surface area contributed by atoms with Crippen molar-refractivity contribution in [3.05, 3.63) is 11.6 Å². The maximum Gasteiger partial charge on any atom is 0.310 e. The Bertz CT molecular complexity index is 440. The van der Waals surface area contributed by atoms with Gasteiger partial charge in [0.1, 0.15) is 0 Å². The topological polar surface area (TPSA) is 63.6 Å². The lowest BCUT2D eigenvalue weighted by molar-refractivity contribution is -0.158. The highest BCUT2D eigenvalue weighted by Crippen LogP contribution is 2.51. The van der Waals surface area contributed by atoms with Gasteiger partial charge in [0.2, 0.25) is 0 Å². The number of fused-ring (bicyclic) bond motifs is 2. The fraction of sp³-hybridized carbons (Fsp3) is 0.778. The van der Waals surface area contributed by atoms with E-state index < -0.39 is 17.8 Å². The number of carboxylic acid groups (broad SMARTS) is 1. The smallest absolute Gasteiger partial charge is 0.310 e. The lowest BCUT2D eigenvalue weighted by Crippen LogP contribution is -2.35. The van der Waals surface area contributed by atoms with E-state index in [9.17, 15) is 14.7 Å². The van der Waals surface area contributed by atoms with Crippen molar-refractivity contribution < 1.29 is 19.4 Å². The van der Waals surface area contributed by atoms with E-state index in [4.69, 9.17) is 4.74 Å². The van der Waals surface area contributed by atoms with Crippen LogP contribution in [0.15, 0.2) is 11.6 Å². The van der Waals surface area contributed by atoms with Crippen LogP contribution in [0.4, 0.5) is 0 Å². The Labute approximate surface area is 132 Å². The van der Waals surface area contributed by atoms with Crippen LogP contribution in [0.5, 0.6) is 0 Å². The minimum atomic E-state index is -0.863. The van der Waals surface area contributed by atoms with Crippen molar-refractivity contribution in [1.82, 2.24) is 0 Å². The highest BCUT2D eigenvalue weighted by Gasteiger charge is 2.54. The summed E-state index contributed by atoms with van der Waals surface area (Å²) >= 11 is 0. The van der Waals surface area contributed by atoms with Crippen LogP contribution in [0, 0.1) is 23.7 Å². The van der Waals surface area contributed by atoms with Gasteiger partial charge in [0.15, 0.2) is 0 Å². The number of carbonyl (C=O) groups excluding carboxylic acids is 1. The number of esters is 1. The zero-order valence-electron chi connectivity index (χ0n) is 13.7. The molecule has 0 aromatic carbocycles. The number of rotatable bonds is 9. The number of unbranched alkanes of at least 4 members (excludes halogenated alkanes) is 5. The molecule has 1 N–H and O–H groups in total. The van der Waals surface area contributed by atoms with Crippen molar-refractivity contribution in [1.29, 1.82) is 0 Å². The number of carboxylic acids is 1. The van der Waals surface area contributed by atoms with E-state index in [1.54, 1.807) is 0 Å². The summed E-state index contributed by atoms with van der Waals surface area (Å²) in [5.41, 5.74) is 1.16. The number of hydrogen-bond donors (Lipinski definition) is 1. The van der Waals surface area contributed by atoms with Crippen molar-refractivity contribution >= 4 is 11.9 Å². The van der Waals surface area contributed by atoms with Crippen molar-refractivity contribution in [2.24, 2.45) is 23.7 Å². The van der Waals surface area contributed by atoms with Gasteiger partial charge in [-0.2, -0.15) is 0 Å². The molecule has 1 saturated carbocycles. The van der Waals surface area contributed by atoms with Crippen LogP contribution in [-0.2, 0) is 14.3 Å². The summed E-state index contributed by atoms with van der Waals surface area (Å²) in [6.07, 6.45) is 9.68. The molecular weight excluding hydrogens is 280 g/mol. The minimum Gasteiger partial charge on any atom is -0.481 e. The predicted molar refractivity (Wildman–Crippen MR) is 84.3 cm³/mol. The summed E-state index contributed by atoms with van der Waals surface area (Å²) in [7, 11) is 0. The van der Waals surface area contributed by atoms with Gasteiger partial charge in [0.25, 0.3) is 0 Å². The van der Waals surface area contributed by atoms with Crippen LogP contribution in [0.1, 0.15) is 58.8 Å². The third-order valence-corrected chi connectivity index (χ3v) is 5.17. The van der Waals surface area contributed by atoms with Crippen LogP contribution >= 0.6 is 0 Å². The Morgan fingerprint density at radius 2 is 1.86 bits per heavy atom. The number of ether oxygens (including phenoxy) is 1. The second kappa shape index (κ2) is 7.80. The molecule has 2 aliphatic rings. The van der Waals surface area contributed by atoms with Crippen molar-refractivity contribution in [2.75, 3.05) is 6.61 Å². The Morgan fingerprint density at radius 1 is 1.18 bits per heavy atom. The van der Waals surface area contributed by atoms with Crippen LogP contribution in [-0.4, -0.2) is 23.7 Å². The van der Waals surface area contributed by atoms with E-state index in [0.717, 1.165) is 24.8 Å². The Morgan fingerprint density at radius 3 is 2.55 bits per heavy atom. The first-order valence-electron chi connectivity index (χ1n) is 8.64. The van der Waals surface area contributed by atoms with Crippen LogP contribution in [0.3, 0.4) is 0 Å². The predicted octanol–water partition coefficient (Wildman–Crippen LogP) is 3.80. The third kappa shape index (κ3) is 3.71. The molecule has 2 rings (SSSR count). The molecule has 0 amide bonds. The maximum absolute atomic E-state index is 12.3. The van der Waals surface area contributed by atoms with Crippen LogP contribution < -0.4 is 0 Å². The summed E-state index contributed by atoms with van der Waals surface area (Å²) in [5, 5.41) is 9.40. The molecule has 0 radical (unpaired) electrons.